The van der Waals surface area contributed by atoms with Crippen LogP contribution in [0.1, 0.15) is 25.5 Å². The molecule has 0 radical (unpaired) electrons. The largest absolute Gasteiger partial charge is 0.389 e. The Labute approximate surface area is 124 Å². The summed E-state index contributed by atoms with van der Waals surface area (Å²) < 4.78 is 0. The highest BCUT2D eigenvalue weighted by molar-refractivity contribution is 5.78. The summed E-state index contributed by atoms with van der Waals surface area (Å²) >= 11 is 0. The molecule has 21 heavy (non-hydrogen) atoms. The van der Waals surface area contributed by atoms with Crippen LogP contribution in [-0.4, -0.2) is 16.2 Å². The molecule has 0 saturated heterocycles. The zero-order chi connectivity index (χ0) is 15.1. The molecule has 0 spiro atoms. The molecule has 3 heteroatoms. The summed E-state index contributed by atoms with van der Waals surface area (Å²) in [6.45, 7) is 1.94. The number of benzene rings is 1. The Hall–Kier alpha value is -2.13. The summed E-state index contributed by atoms with van der Waals surface area (Å²) in [5, 5.41) is 10.1. The number of H-pyrrole nitrogens is 1. The number of pyridine rings is 1. The van der Waals surface area contributed by atoms with E-state index in [-0.39, 0.29) is 11.5 Å². The second-order valence-electron chi connectivity index (χ2n) is 5.03. The molecule has 2 rings (SSSR count). The van der Waals surface area contributed by atoms with Gasteiger partial charge in [-0.1, -0.05) is 43.4 Å². The van der Waals surface area contributed by atoms with Crippen LogP contribution < -0.4 is 5.43 Å². The molecule has 1 aromatic carbocycles. The van der Waals surface area contributed by atoms with Crippen molar-refractivity contribution in [1.82, 2.24) is 4.98 Å². The van der Waals surface area contributed by atoms with Crippen LogP contribution in [0.2, 0.25) is 0 Å². The zero-order valence-electron chi connectivity index (χ0n) is 12.3. The van der Waals surface area contributed by atoms with Crippen molar-refractivity contribution >= 4 is 10.9 Å². The van der Waals surface area contributed by atoms with Crippen LogP contribution in [0.25, 0.3) is 10.9 Å². The van der Waals surface area contributed by atoms with Crippen molar-refractivity contribution in [3.63, 3.8) is 0 Å². The number of aliphatic hydroxyl groups excluding tert-OH is 1. The minimum Gasteiger partial charge on any atom is -0.389 e. The number of fused-ring (bicyclic) bond motifs is 1. The number of nitrogens with one attached hydrogen (secondary N) is 1. The topological polar surface area (TPSA) is 53.1 Å². The zero-order valence-corrected chi connectivity index (χ0v) is 12.3. The Kier molecular flexibility index (Phi) is 5.52. The average molecular weight is 283 g/mol. The van der Waals surface area contributed by atoms with Crippen LogP contribution in [0, 0.1) is 0 Å². The first-order valence-corrected chi connectivity index (χ1v) is 7.33. The molecule has 3 nitrogen and oxygen atoms in total. The highest BCUT2D eigenvalue weighted by Gasteiger charge is 2.00. The number of allylic oxidation sites excluding steroid dienone is 3. The normalized spacial score (nSPS) is 13.4. The van der Waals surface area contributed by atoms with Crippen molar-refractivity contribution in [3.8, 4) is 0 Å². The molecule has 1 atom stereocenters. The van der Waals surface area contributed by atoms with Gasteiger partial charge in [0, 0.05) is 22.7 Å². The molecule has 0 amide bonds. The second kappa shape index (κ2) is 7.60. The molecular weight excluding hydrogens is 262 g/mol. The van der Waals surface area contributed by atoms with E-state index in [0.29, 0.717) is 0 Å². The fourth-order valence-electron chi connectivity index (χ4n) is 2.13. The van der Waals surface area contributed by atoms with Gasteiger partial charge in [0.05, 0.1) is 6.10 Å². The average Bonchev–Trinajstić information content (AvgIpc) is 2.50. The van der Waals surface area contributed by atoms with E-state index in [1.807, 2.05) is 49.4 Å². The van der Waals surface area contributed by atoms with Gasteiger partial charge in [-0.2, -0.15) is 0 Å². The second-order valence-corrected chi connectivity index (χ2v) is 5.03. The Morgan fingerprint density at radius 3 is 2.90 bits per heavy atom. The van der Waals surface area contributed by atoms with Crippen LogP contribution in [0.15, 0.2) is 59.4 Å². The molecule has 0 aliphatic heterocycles. The smallest absolute Gasteiger partial charge is 0.189 e. The molecular formula is C18H21NO2. The van der Waals surface area contributed by atoms with Gasteiger partial charge >= 0.3 is 0 Å². The number of aryl methyl sites for hydroxylation is 1. The highest BCUT2D eigenvalue weighted by Crippen LogP contribution is 2.08. The third-order valence-electron chi connectivity index (χ3n) is 3.37. The van der Waals surface area contributed by atoms with Crippen molar-refractivity contribution in [2.75, 3.05) is 0 Å². The number of hydrogen-bond acceptors (Lipinski definition) is 2. The van der Waals surface area contributed by atoms with Gasteiger partial charge in [0.25, 0.3) is 0 Å². The van der Waals surface area contributed by atoms with Gasteiger partial charge in [-0.3, -0.25) is 4.79 Å². The van der Waals surface area contributed by atoms with Crippen molar-refractivity contribution < 1.29 is 5.11 Å². The lowest BCUT2D eigenvalue weighted by Crippen LogP contribution is -2.04. The number of hydrogen-bond donors (Lipinski definition) is 2. The first-order valence-electron chi connectivity index (χ1n) is 7.33. The van der Waals surface area contributed by atoms with E-state index in [4.69, 9.17) is 0 Å². The minimum atomic E-state index is -0.369. The third-order valence-corrected chi connectivity index (χ3v) is 3.37. The van der Waals surface area contributed by atoms with Gasteiger partial charge in [-0.15, -0.1) is 0 Å². The maximum Gasteiger partial charge on any atom is 0.189 e. The molecule has 0 aliphatic carbocycles. The van der Waals surface area contributed by atoms with E-state index < -0.39 is 0 Å². The standard InChI is InChI=1S/C18H21NO2/c1-2-15(20)10-6-4-3-5-9-14-13-18(21)16-11-7-8-12-17(16)19-14/h3-4,6-8,10-13,15,20H,2,5,9H2,1H3,(H,19,21)/b4-3-,10-6+. The van der Waals surface area contributed by atoms with Gasteiger partial charge < -0.3 is 10.1 Å². The molecule has 1 aromatic heterocycles. The summed E-state index contributed by atoms with van der Waals surface area (Å²) in [6, 6.07) is 9.22. The van der Waals surface area contributed by atoms with Gasteiger partial charge in [0.2, 0.25) is 0 Å². The maximum absolute atomic E-state index is 12.0. The number of rotatable bonds is 6. The quantitative estimate of drug-likeness (QED) is 0.799. The fourth-order valence-corrected chi connectivity index (χ4v) is 2.13. The van der Waals surface area contributed by atoms with Crippen molar-refractivity contribution in [2.45, 2.75) is 32.3 Å². The van der Waals surface area contributed by atoms with Crippen LogP contribution in [-0.2, 0) is 6.42 Å². The monoisotopic (exact) mass is 283 g/mol. The molecule has 1 unspecified atom stereocenters. The predicted octanol–water partition coefficient (Wildman–Crippen LogP) is 3.34. The number of para-hydroxylation sites is 1. The summed E-state index contributed by atoms with van der Waals surface area (Å²) in [6.07, 6.45) is 9.59. The van der Waals surface area contributed by atoms with Crippen LogP contribution in [0.3, 0.4) is 0 Å². The number of aliphatic hydroxyl groups is 1. The highest BCUT2D eigenvalue weighted by atomic mass is 16.3. The molecule has 2 aromatic rings. The summed E-state index contributed by atoms with van der Waals surface area (Å²) in [4.78, 5) is 15.3. The SMILES string of the molecule is CCC(O)/C=C/C=C\CCc1cc(=O)c2ccccc2[nH]1. The molecule has 0 bridgehead atoms. The first kappa shape index (κ1) is 15.3. The van der Waals surface area contributed by atoms with Crippen LogP contribution in [0.5, 0.6) is 0 Å². The van der Waals surface area contributed by atoms with E-state index in [0.717, 1.165) is 35.9 Å². The van der Waals surface area contributed by atoms with E-state index >= 15 is 0 Å². The van der Waals surface area contributed by atoms with Crippen LogP contribution >= 0.6 is 0 Å². The predicted molar refractivity (Wildman–Crippen MR) is 87.5 cm³/mol. The molecule has 2 N–H and O–H groups in total. The van der Waals surface area contributed by atoms with Gasteiger partial charge in [-0.05, 0) is 31.4 Å². The summed E-state index contributed by atoms with van der Waals surface area (Å²) in [7, 11) is 0. The number of aromatic nitrogens is 1. The molecule has 0 saturated carbocycles. The Morgan fingerprint density at radius 2 is 2.10 bits per heavy atom. The van der Waals surface area contributed by atoms with Crippen molar-refractivity contribution in [3.05, 3.63) is 70.6 Å². The Morgan fingerprint density at radius 1 is 1.29 bits per heavy atom. The summed E-state index contributed by atoms with van der Waals surface area (Å²) in [5.41, 5.74) is 1.89. The van der Waals surface area contributed by atoms with E-state index in [9.17, 15) is 9.90 Å². The summed E-state index contributed by atoms with van der Waals surface area (Å²) in [5.74, 6) is 0. The third kappa shape index (κ3) is 4.43. The molecule has 0 fully saturated rings. The molecule has 1 heterocycles. The van der Waals surface area contributed by atoms with Crippen LogP contribution in [0.4, 0.5) is 0 Å². The van der Waals surface area contributed by atoms with Crippen molar-refractivity contribution in [2.24, 2.45) is 0 Å². The van der Waals surface area contributed by atoms with Gasteiger partial charge in [0.15, 0.2) is 5.43 Å². The van der Waals surface area contributed by atoms with Gasteiger partial charge in [-0.25, -0.2) is 0 Å². The maximum atomic E-state index is 12.0. The molecule has 0 aliphatic rings. The van der Waals surface area contributed by atoms with Crippen molar-refractivity contribution in [1.29, 1.82) is 0 Å². The van der Waals surface area contributed by atoms with Gasteiger partial charge in [0.1, 0.15) is 0 Å². The minimum absolute atomic E-state index is 0.0642. The van der Waals surface area contributed by atoms with E-state index in [1.54, 1.807) is 12.1 Å². The van der Waals surface area contributed by atoms with E-state index in [2.05, 4.69) is 4.98 Å². The lowest BCUT2D eigenvalue weighted by atomic mass is 10.1. The fraction of sp³-hybridized carbons (Fsp3) is 0.278. The first-order chi connectivity index (χ1) is 10.2. The van der Waals surface area contributed by atoms with E-state index in [1.165, 1.54) is 0 Å². The Balaban J connectivity index is 1.96. The Bertz CT molecular complexity index is 698. The molecule has 110 valence electrons. The lowest BCUT2D eigenvalue weighted by Gasteiger charge is -2.02. The number of aromatic amines is 1. The lowest BCUT2D eigenvalue weighted by molar-refractivity contribution is 0.219.